The van der Waals surface area contributed by atoms with E-state index >= 15 is 0 Å². The Hall–Kier alpha value is -1.32. The molecule has 2 aromatic carbocycles. The summed E-state index contributed by atoms with van der Waals surface area (Å²) in [6, 6.07) is 12.4. The first-order valence-electron chi connectivity index (χ1n) is 7.30. The van der Waals surface area contributed by atoms with Crippen molar-refractivity contribution in [2.75, 3.05) is 6.61 Å². The van der Waals surface area contributed by atoms with E-state index in [4.69, 9.17) is 4.74 Å². The summed E-state index contributed by atoms with van der Waals surface area (Å²) >= 11 is 3.55. The van der Waals surface area contributed by atoms with E-state index in [1.807, 2.05) is 12.1 Å². The third-order valence-electron chi connectivity index (χ3n) is 4.00. The largest absolute Gasteiger partial charge is 0.493 e. The summed E-state index contributed by atoms with van der Waals surface area (Å²) < 4.78 is 6.79. The molecule has 0 saturated carbocycles. The van der Waals surface area contributed by atoms with Crippen LogP contribution < -0.4 is 4.74 Å². The van der Waals surface area contributed by atoms with E-state index in [0.29, 0.717) is 12.8 Å². The van der Waals surface area contributed by atoms with Crippen LogP contribution in [0.15, 0.2) is 40.9 Å². The summed E-state index contributed by atoms with van der Waals surface area (Å²) in [6.45, 7) is 2.83. The van der Waals surface area contributed by atoms with E-state index in [1.165, 1.54) is 16.7 Å². The first kappa shape index (κ1) is 14.6. The maximum Gasteiger partial charge on any atom is 0.125 e. The van der Waals surface area contributed by atoms with Gasteiger partial charge in [0.05, 0.1) is 12.7 Å². The monoisotopic (exact) mass is 346 g/mol. The van der Waals surface area contributed by atoms with Crippen molar-refractivity contribution < 1.29 is 9.84 Å². The number of aliphatic hydroxyl groups excluding tert-OH is 1. The van der Waals surface area contributed by atoms with E-state index < -0.39 is 6.10 Å². The molecule has 0 saturated heterocycles. The SMILES string of the molecule is Cc1ccccc1CC(O)Cc1cc(Br)cc2c1OCC2. The van der Waals surface area contributed by atoms with Crippen molar-refractivity contribution in [3.63, 3.8) is 0 Å². The standard InChI is InChI=1S/C18H19BrO2/c1-12-4-2-3-5-13(12)10-17(20)11-15-9-16(19)8-14-6-7-21-18(14)15/h2-5,8-9,17,20H,6-7,10-11H2,1H3. The third kappa shape index (κ3) is 3.30. The van der Waals surface area contributed by atoms with Gasteiger partial charge >= 0.3 is 0 Å². The van der Waals surface area contributed by atoms with Gasteiger partial charge in [0.15, 0.2) is 0 Å². The fraction of sp³-hybridized carbons (Fsp3) is 0.333. The molecule has 1 aliphatic rings. The molecule has 0 aromatic heterocycles. The van der Waals surface area contributed by atoms with E-state index in [2.05, 4.69) is 47.1 Å². The molecule has 0 bridgehead atoms. The normalized spacial score (nSPS) is 14.6. The zero-order valence-electron chi connectivity index (χ0n) is 12.1. The molecule has 1 aliphatic heterocycles. The van der Waals surface area contributed by atoms with Crippen molar-refractivity contribution in [3.05, 3.63) is 63.1 Å². The van der Waals surface area contributed by atoms with E-state index in [1.54, 1.807) is 0 Å². The molecule has 0 radical (unpaired) electrons. The van der Waals surface area contributed by atoms with E-state index in [9.17, 15) is 5.11 Å². The number of hydrogen-bond acceptors (Lipinski definition) is 2. The van der Waals surface area contributed by atoms with Crippen LogP contribution in [0.2, 0.25) is 0 Å². The molecule has 3 rings (SSSR count). The average Bonchev–Trinajstić information content (AvgIpc) is 2.89. The van der Waals surface area contributed by atoms with Gasteiger partial charge in [0.25, 0.3) is 0 Å². The van der Waals surface area contributed by atoms with Crippen LogP contribution in [-0.4, -0.2) is 17.8 Å². The number of fused-ring (bicyclic) bond motifs is 1. The van der Waals surface area contributed by atoms with Crippen LogP contribution in [0.5, 0.6) is 5.75 Å². The predicted molar refractivity (Wildman–Crippen MR) is 87.9 cm³/mol. The summed E-state index contributed by atoms with van der Waals surface area (Å²) in [4.78, 5) is 0. The first-order valence-corrected chi connectivity index (χ1v) is 8.09. The Labute approximate surface area is 133 Å². The second kappa shape index (κ2) is 6.20. The second-order valence-electron chi connectivity index (χ2n) is 5.64. The van der Waals surface area contributed by atoms with Gasteiger partial charge in [0.1, 0.15) is 5.75 Å². The molecular weight excluding hydrogens is 328 g/mol. The van der Waals surface area contributed by atoms with Crippen LogP contribution in [0.4, 0.5) is 0 Å². The lowest BCUT2D eigenvalue weighted by atomic mass is 9.97. The zero-order chi connectivity index (χ0) is 14.8. The Morgan fingerprint density at radius 2 is 1.95 bits per heavy atom. The van der Waals surface area contributed by atoms with Crippen LogP contribution in [0.25, 0.3) is 0 Å². The summed E-state index contributed by atoms with van der Waals surface area (Å²) in [5, 5.41) is 10.4. The van der Waals surface area contributed by atoms with Gasteiger partial charge in [-0.3, -0.25) is 0 Å². The molecule has 1 unspecified atom stereocenters. The maximum absolute atomic E-state index is 10.4. The number of hydrogen-bond donors (Lipinski definition) is 1. The minimum Gasteiger partial charge on any atom is -0.493 e. The minimum absolute atomic E-state index is 0.395. The van der Waals surface area contributed by atoms with Gasteiger partial charge in [-0.25, -0.2) is 0 Å². The van der Waals surface area contributed by atoms with Gasteiger partial charge in [0.2, 0.25) is 0 Å². The van der Waals surface area contributed by atoms with Gasteiger partial charge in [-0.2, -0.15) is 0 Å². The molecular formula is C18H19BrO2. The molecule has 0 fully saturated rings. The summed E-state index contributed by atoms with van der Waals surface area (Å²) in [5.74, 6) is 0.974. The Kier molecular flexibility index (Phi) is 4.32. The van der Waals surface area contributed by atoms with Crippen molar-refractivity contribution in [1.29, 1.82) is 0 Å². The second-order valence-corrected chi connectivity index (χ2v) is 6.56. The Balaban J connectivity index is 1.77. The predicted octanol–water partition coefficient (Wildman–Crippen LogP) is 3.84. The van der Waals surface area contributed by atoms with Gasteiger partial charge in [-0.05, 0) is 47.7 Å². The summed E-state index contributed by atoms with van der Waals surface area (Å²) in [5.41, 5.74) is 4.77. The van der Waals surface area contributed by atoms with Crippen LogP contribution in [0.3, 0.4) is 0 Å². The lowest BCUT2D eigenvalue weighted by Gasteiger charge is -2.15. The minimum atomic E-state index is -0.395. The summed E-state index contributed by atoms with van der Waals surface area (Å²) in [7, 11) is 0. The Morgan fingerprint density at radius 1 is 1.19 bits per heavy atom. The molecule has 3 heteroatoms. The van der Waals surface area contributed by atoms with Gasteiger partial charge in [0, 0.05) is 17.3 Å². The highest BCUT2D eigenvalue weighted by atomic mass is 79.9. The van der Waals surface area contributed by atoms with Crippen molar-refractivity contribution in [2.24, 2.45) is 0 Å². The lowest BCUT2D eigenvalue weighted by molar-refractivity contribution is 0.174. The van der Waals surface area contributed by atoms with Crippen LogP contribution in [0, 0.1) is 6.92 Å². The third-order valence-corrected chi connectivity index (χ3v) is 4.46. The molecule has 21 heavy (non-hydrogen) atoms. The highest BCUT2D eigenvalue weighted by Gasteiger charge is 2.19. The van der Waals surface area contributed by atoms with Crippen LogP contribution in [0.1, 0.15) is 22.3 Å². The molecule has 0 spiro atoms. The number of rotatable bonds is 4. The van der Waals surface area contributed by atoms with E-state index in [0.717, 1.165) is 28.8 Å². The Bertz CT molecular complexity index is 652. The number of aryl methyl sites for hydroxylation is 1. The molecule has 0 aliphatic carbocycles. The van der Waals surface area contributed by atoms with Crippen molar-refractivity contribution in [2.45, 2.75) is 32.3 Å². The van der Waals surface area contributed by atoms with Crippen molar-refractivity contribution in [3.8, 4) is 5.75 Å². The van der Waals surface area contributed by atoms with Crippen molar-refractivity contribution in [1.82, 2.24) is 0 Å². The fourth-order valence-electron chi connectivity index (χ4n) is 2.92. The Morgan fingerprint density at radius 3 is 2.76 bits per heavy atom. The smallest absolute Gasteiger partial charge is 0.125 e. The topological polar surface area (TPSA) is 29.5 Å². The molecule has 0 amide bonds. The zero-order valence-corrected chi connectivity index (χ0v) is 13.7. The number of ether oxygens (including phenoxy) is 1. The van der Waals surface area contributed by atoms with Gasteiger partial charge in [-0.15, -0.1) is 0 Å². The first-order chi connectivity index (χ1) is 10.1. The number of benzene rings is 2. The van der Waals surface area contributed by atoms with Crippen molar-refractivity contribution >= 4 is 15.9 Å². The summed E-state index contributed by atoms with van der Waals surface area (Å²) in [6.07, 6.45) is 1.86. The van der Waals surface area contributed by atoms with Gasteiger partial charge < -0.3 is 9.84 Å². The fourth-order valence-corrected chi connectivity index (χ4v) is 3.47. The highest BCUT2D eigenvalue weighted by Crippen LogP contribution is 2.34. The maximum atomic E-state index is 10.4. The van der Waals surface area contributed by atoms with E-state index in [-0.39, 0.29) is 0 Å². The lowest BCUT2D eigenvalue weighted by Crippen LogP contribution is -2.15. The van der Waals surface area contributed by atoms with Crippen LogP contribution >= 0.6 is 15.9 Å². The quantitative estimate of drug-likeness (QED) is 0.911. The molecule has 110 valence electrons. The average molecular weight is 347 g/mol. The molecule has 2 nitrogen and oxygen atoms in total. The highest BCUT2D eigenvalue weighted by molar-refractivity contribution is 9.10. The number of aliphatic hydroxyl groups is 1. The molecule has 1 atom stereocenters. The molecule has 1 heterocycles. The molecule has 2 aromatic rings. The van der Waals surface area contributed by atoms with Gasteiger partial charge in [-0.1, -0.05) is 40.2 Å². The molecule has 1 N–H and O–H groups in total. The van der Waals surface area contributed by atoms with Crippen LogP contribution in [-0.2, 0) is 19.3 Å². The number of halogens is 1.